The van der Waals surface area contributed by atoms with E-state index in [4.69, 9.17) is 15.0 Å². The molecule has 92 valence electrons. The van der Waals surface area contributed by atoms with Crippen LogP contribution >= 0.6 is 11.3 Å². The normalized spacial score (nSPS) is 12.8. The van der Waals surface area contributed by atoms with Gasteiger partial charge in [-0.1, -0.05) is 11.2 Å². The lowest BCUT2D eigenvalue weighted by Crippen LogP contribution is -2.10. The second kappa shape index (κ2) is 5.90. The van der Waals surface area contributed by atoms with Crippen molar-refractivity contribution in [1.29, 1.82) is 0 Å². The Morgan fingerprint density at radius 3 is 3.18 bits per heavy atom. The molecule has 0 aromatic carbocycles. The Hall–Kier alpha value is -1.24. The molecule has 6 heteroatoms. The first-order valence-corrected chi connectivity index (χ1v) is 6.29. The number of ether oxygens (including phenoxy) is 1. The third kappa shape index (κ3) is 3.12. The van der Waals surface area contributed by atoms with Gasteiger partial charge < -0.3 is 15.0 Å². The Morgan fingerprint density at radius 2 is 2.47 bits per heavy atom. The lowest BCUT2D eigenvalue weighted by Gasteiger charge is -2.01. The molecule has 0 saturated carbocycles. The highest BCUT2D eigenvalue weighted by atomic mass is 32.1. The predicted molar refractivity (Wildman–Crippen MR) is 64.8 cm³/mol. The lowest BCUT2D eigenvalue weighted by molar-refractivity contribution is 0.194. The topological polar surface area (TPSA) is 74.2 Å². The van der Waals surface area contributed by atoms with E-state index in [-0.39, 0.29) is 6.04 Å². The fourth-order valence-electron chi connectivity index (χ4n) is 1.46. The highest BCUT2D eigenvalue weighted by molar-refractivity contribution is 7.10. The second-order valence-corrected chi connectivity index (χ2v) is 4.62. The molecule has 2 aromatic rings. The van der Waals surface area contributed by atoms with Gasteiger partial charge in [0.2, 0.25) is 5.89 Å². The predicted octanol–water partition coefficient (Wildman–Crippen LogP) is 1.76. The van der Waals surface area contributed by atoms with Gasteiger partial charge in [0.25, 0.3) is 0 Å². The molecule has 0 aliphatic heterocycles. The number of hydrogen-bond acceptors (Lipinski definition) is 6. The van der Waals surface area contributed by atoms with E-state index in [9.17, 15) is 0 Å². The van der Waals surface area contributed by atoms with Crippen LogP contribution in [0, 0.1) is 0 Å². The van der Waals surface area contributed by atoms with Gasteiger partial charge in [0.1, 0.15) is 6.04 Å². The fraction of sp³-hybridized carbons (Fsp3) is 0.455. The molecular weight excluding hydrogens is 238 g/mol. The monoisotopic (exact) mass is 253 g/mol. The summed E-state index contributed by atoms with van der Waals surface area (Å²) in [5.41, 5.74) is 6.02. The van der Waals surface area contributed by atoms with E-state index >= 15 is 0 Å². The molecule has 2 aromatic heterocycles. The van der Waals surface area contributed by atoms with Crippen LogP contribution in [0.4, 0.5) is 0 Å². The molecule has 0 aliphatic rings. The highest BCUT2D eigenvalue weighted by Gasteiger charge is 2.17. The van der Waals surface area contributed by atoms with Crippen molar-refractivity contribution in [2.24, 2.45) is 5.73 Å². The minimum atomic E-state index is -0.321. The molecule has 0 aliphatic carbocycles. The summed E-state index contributed by atoms with van der Waals surface area (Å²) in [5, 5.41) is 5.88. The Bertz CT molecular complexity index is 441. The summed E-state index contributed by atoms with van der Waals surface area (Å²) in [5.74, 6) is 1.16. The summed E-state index contributed by atoms with van der Waals surface area (Å²) in [4.78, 5) is 5.31. The number of thiophene rings is 1. The van der Waals surface area contributed by atoms with Crippen LogP contribution in [-0.4, -0.2) is 23.9 Å². The lowest BCUT2D eigenvalue weighted by atomic mass is 10.2. The molecule has 2 N–H and O–H groups in total. The van der Waals surface area contributed by atoms with Gasteiger partial charge in [-0.3, -0.25) is 0 Å². The Balaban J connectivity index is 1.98. The molecular formula is C11H15N3O2S. The first-order chi connectivity index (χ1) is 8.31. The molecule has 1 unspecified atom stereocenters. The average molecular weight is 253 g/mol. The average Bonchev–Trinajstić information content (AvgIpc) is 3.00. The Kier molecular flexibility index (Phi) is 4.24. The van der Waals surface area contributed by atoms with E-state index < -0.39 is 0 Å². The number of aromatic nitrogens is 2. The maximum absolute atomic E-state index is 6.02. The van der Waals surface area contributed by atoms with E-state index in [0.717, 1.165) is 17.7 Å². The molecule has 0 amide bonds. The zero-order valence-electron chi connectivity index (χ0n) is 9.63. The van der Waals surface area contributed by atoms with Gasteiger partial charge in [-0.05, 0) is 17.9 Å². The van der Waals surface area contributed by atoms with Crippen molar-refractivity contribution in [1.82, 2.24) is 10.1 Å². The number of aryl methyl sites for hydroxylation is 1. The molecule has 17 heavy (non-hydrogen) atoms. The molecule has 1 atom stereocenters. The van der Waals surface area contributed by atoms with Crippen molar-refractivity contribution in [3.63, 3.8) is 0 Å². The van der Waals surface area contributed by atoms with E-state index in [2.05, 4.69) is 10.1 Å². The minimum Gasteiger partial charge on any atom is -0.385 e. The van der Waals surface area contributed by atoms with Crippen molar-refractivity contribution >= 4 is 11.3 Å². The van der Waals surface area contributed by atoms with E-state index in [1.54, 1.807) is 18.4 Å². The number of hydrogen-bond donors (Lipinski definition) is 1. The van der Waals surface area contributed by atoms with Gasteiger partial charge in [-0.2, -0.15) is 4.98 Å². The van der Waals surface area contributed by atoms with Gasteiger partial charge in [0.05, 0.1) is 0 Å². The number of nitrogens with two attached hydrogens (primary N) is 1. The zero-order chi connectivity index (χ0) is 12.1. The third-order valence-electron chi connectivity index (χ3n) is 2.35. The van der Waals surface area contributed by atoms with Crippen LogP contribution in [0.3, 0.4) is 0 Å². The number of nitrogens with zero attached hydrogens (tertiary/aromatic N) is 2. The number of rotatable bonds is 6. The molecule has 0 saturated heterocycles. The maximum atomic E-state index is 6.02. The quantitative estimate of drug-likeness (QED) is 0.794. The van der Waals surface area contributed by atoms with Crippen molar-refractivity contribution in [2.45, 2.75) is 18.9 Å². The molecule has 2 rings (SSSR count). The Morgan fingerprint density at radius 1 is 1.59 bits per heavy atom. The molecule has 0 radical (unpaired) electrons. The molecule has 0 fully saturated rings. The second-order valence-electron chi connectivity index (χ2n) is 3.64. The standard InChI is InChI=1S/C11H15N3O2S/c1-15-6-2-5-9-13-11(16-14-9)10(12)8-4-3-7-17-8/h3-4,7,10H,2,5-6,12H2,1H3. The van der Waals surface area contributed by atoms with Gasteiger partial charge in [-0.25, -0.2) is 0 Å². The first kappa shape index (κ1) is 12.2. The molecule has 5 nitrogen and oxygen atoms in total. The van der Waals surface area contributed by atoms with Crippen molar-refractivity contribution in [3.05, 3.63) is 34.1 Å². The van der Waals surface area contributed by atoms with Crippen LogP contribution < -0.4 is 5.73 Å². The smallest absolute Gasteiger partial charge is 0.248 e. The van der Waals surface area contributed by atoms with Gasteiger partial charge in [-0.15, -0.1) is 11.3 Å². The third-order valence-corrected chi connectivity index (χ3v) is 3.30. The summed E-state index contributed by atoms with van der Waals surface area (Å²) in [7, 11) is 1.67. The van der Waals surface area contributed by atoms with E-state index in [0.29, 0.717) is 18.3 Å². The van der Waals surface area contributed by atoms with Crippen LogP contribution in [0.15, 0.2) is 22.0 Å². The maximum Gasteiger partial charge on any atom is 0.248 e. The fourth-order valence-corrected chi connectivity index (χ4v) is 2.18. The summed E-state index contributed by atoms with van der Waals surface area (Å²) in [6, 6.07) is 3.60. The van der Waals surface area contributed by atoms with Crippen LogP contribution in [0.5, 0.6) is 0 Å². The van der Waals surface area contributed by atoms with Crippen LogP contribution in [0.2, 0.25) is 0 Å². The Labute approximate surface area is 104 Å². The van der Waals surface area contributed by atoms with E-state index in [1.165, 1.54) is 0 Å². The summed E-state index contributed by atoms with van der Waals surface area (Å²) >= 11 is 1.58. The van der Waals surface area contributed by atoms with Crippen molar-refractivity contribution < 1.29 is 9.26 Å². The van der Waals surface area contributed by atoms with Crippen molar-refractivity contribution in [2.75, 3.05) is 13.7 Å². The van der Waals surface area contributed by atoms with E-state index in [1.807, 2.05) is 17.5 Å². The van der Waals surface area contributed by atoms with Crippen LogP contribution in [-0.2, 0) is 11.2 Å². The molecule has 0 bridgehead atoms. The van der Waals surface area contributed by atoms with Gasteiger partial charge in [0, 0.05) is 25.0 Å². The highest BCUT2D eigenvalue weighted by Crippen LogP contribution is 2.22. The van der Waals surface area contributed by atoms with Crippen LogP contribution in [0.1, 0.15) is 29.1 Å². The molecule has 0 spiro atoms. The number of methoxy groups -OCH3 is 1. The van der Waals surface area contributed by atoms with Crippen LogP contribution in [0.25, 0.3) is 0 Å². The summed E-state index contributed by atoms with van der Waals surface area (Å²) < 4.78 is 10.1. The SMILES string of the molecule is COCCCc1noc(C(N)c2cccs2)n1. The summed E-state index contributed by atoms with van der Waals surface area (Å²) in [6.45, 7) is 0.695. The minimum absolute atomic E-state index is 0.321. The van der Waals surface area contributed by atoms with Gasteiger partial charge in [0.15, 0.2) is 5.82 Å². The van der Waals surface area contributed by atoms with Gasteiger partial charge >= 0.3 is 0 Å². The van der Waals surface area contributed by atoms with Crippen molar-refractivity contribution in [3.8, 4) is 0 Å². The molecule has 2 heterocycles. The largest absolute Gasteiger partial charge is 0.385 e. The first-order valence-electron chi connectivity index (χ1n) is 5.41. The zero-order valence-corrected chi connectivity index (χ0v) is 10.4. The summed E-state index contributed by atoms with van der Waals surface area (Å²) in [6.07, 6.45) is 1.62.